The van der Waals surface area contributed by atoms with Crippen molar-refractivity contribution in [1.29, 1.82) is 0 Å². The van der Waals surface area contributed by atoms with Crippen LogP contribution in [0.1, 0.15) is 5.56 Å². The third-order valence-corrected chi connectivity index (χ3v) is 7.40. The van der Waals surface area contributed by atoms with E-state index < -0.39 is 19.9 Å². The minimum atomic E-state index is -3.88. The SMILES string of the molecule is CS(=O)(=O)c1ccc(CN=C2Nc3c(Oc4ccccc4Cl)cccc3S(=O)(=O)N2)cc1. The Labute approximate surface area is 190 Å². The number of sulfone groups is 1. The largest absolute Gasteiger partial charge is 0.454 e. The van der Waals surface area contributed by atoms with E-state index in [1.54, 1.807) is 48.5 Å². The minimum absolute atomic E-state index is 0.0125. The van der Waals surface area contributed by atoms with Gasteiger partial charge in [-0.3, -0.25) is 0 Å². The van der Waals surface area contributed by atoms with Crippen molar-refractivity contribution in [3.63, 3.8) is 0 Å². The third kappa shape index (κ3) is 4.72. The van der Waals surface area contributed by atoms with Crippen LogP contribution in [0, 0.1) is 0 Å². The number of benzene rings is 3. The summed E-state index contributed by atoms with van der Waals surface area (Å²) in [6.07, 6.45) is 1.13. The molecule has 8 nitrogen and oxygen atoms in total. The molecular weight excluding hydrogens is 474 g/mol. The second-order valence-electron chi connectivity index (χ2n) is 6.97. The molecule has 166 valence electrons. The van der Waals surface area contributed by atoms with E-state index in [1.807, 2.05) is 0 Å². The van der Waals surface area contributed by atoms with Crippen molar-refractivity contribution in [3.8, 4) is 11.5 Å². The van der Waals surface area contributed by atoms with Crippen molar-refractivity contribution >= 4 is 43.1 Å². The van der Waals surface area contributed by atoms with Crippen molar-refractivity contribution < 1.29 is 21.6 Å². The fourth-order valence-corrected chi connectivity index (χ4v) is 4.96. The second-order valence-corrected chi connectivity index (χ2v) is 11.0. The molecule has 0 unspecified atom stereocenters. The second kappa shape index (κ2) is 8.45. The van der Waals surface area contributed by atoms with Crippen LogP contribution in [0.4, 0.5) is 5.69 Å². The number of nitrogens with one attached hydrogen (secondary N) is 2. The van der Waals surface area contributed by atoms with E-state index in [-0.39, 0.29) is 33.7 Å². The molecule has 3 aromatic carbocycles. The molecule has 0 spiro atoms. The van der Waals surface area contributed by atoms with Crippen LogP contribution in [-0.4, -0.2) is 29.1 Å². The van der Waals surface area contributed by atoms with Gasteiger partial charge in [-0.05, 0) is 42.0 Å². The van der Waals surface area contributed by atoms with Gasteiger partial charge in [0.1, 0.15) is 16.3 Å². The zero-order chi connectivity index (χ0) is 22.9. The fraction of sp³-hybridized carbons (Fsp3) is 0.0952. The van der Waals surface area contributed by atoms with Gasteiger partial charge in [0.15, 0.2) is 15.6 Å². The Bertz CT molecular complexity index is 1420. The molecule has 0 amide bonds. The Kier molecular flexibility index (Phi) is 5.85. The number of halogens is 1. The Morgan fingerprint density at radius 3 is 2.34 bits per heavy atom. The predicted octanol–water partition coefficient (Wildman–Crippen LogP) is 3.80. The maximum atomic E-state index is 12.7. The Morgan fingerprint density at radius 1 is 0.969 bits per heavy atom. The first-order valence-corrected chi connectivity index (χ1v) is 13.1. The van der Waals surface area contributed by atoms with Crippen LogP contribution in [0.5, 0.6) is 11.5 Å². The average molecular weight is 492 g/mol. The molecule has 1 aliphatic heterocycles. The normalized spacial score (nSPS) is 16.0. The molecule has 0 aromatic heterocycles. The number of sulfonamides is 1. The van der Waals surface area contributed by atoms with Crippen molar-refractivity contribution in [3.05, 3.63) is 77.3 Å². The van der Waals surface area contributed by atoms with Gasteiger partial charge < -0.3 is 10.1 Å². The molecule has 0 fully saturated rings. The van der Waals surface area contributed by atoms with Gasteiger partial charge in [-0.25, -0.2) is 26.6 Å². The molecule has 0 saturated carbocycles. The molecule has 32 heavy (non-hydrogen) atoms. The fourth-order valence-electron chi connectivity index (χ4n) is 3.00. The van der Waals surface area contributed by atoms with Crippen molar-refractivity contribution in [2.75, 3.05) is 11.6 Å². The molecule has 0 aliphatic carbocycles. The van der Waals surface area contributed by atoms with Crippen LogP contribution >= 0.6 is 11.6 Å². The van der Waals surface area contributed by atoms with Crippen molar-refractivity contribution in [2.45, 2.75) is 16.3 Å². The summed E-state index contributed by atoms with van der Waals surface area (Å²) in [5.74, 6) is 0.663. The smallest absolute Gasteiger partial charge is 0.266 e. The van der Waals surface area contributed by atoms with Crippen LogP contribution in [0.25, 0.3) is 0 Å². The van der Waals surface area contributed by atoms with Gasteiger partial charge in [0.2, 0.25) is 5.96 Å². The number of para-hydroxylation sites is 2. The molecule has 3 aromatic rings. The highest BCUT2D eigenvalue weighted by Crippen LogP contribution is 2.38. The maximum absolute atomic E-state index is 12.7. The molecule has 1 heterocycles. The quantitative estimate of drug-likeness (QED) is 0.561. The highest BCUT2D eigenvalue weighted by molar-refractivity contribution is 7.90. The molecular formula is C21H18ClN3O5S2. The van der Waals surface area contributed by atoms with E-state index in [0.29, 0.717) is 16.3 Å². The van der Waals surface area contributed by atoms with Crippen molar-refractivity contribution in [2.24, 2.45) is 4.99 Å². The monoisotopic (exact) mass is 491 g/mol. The molecule has 0 radical (unpaired) electrons. The van der Waals surface area contributed by atoms with Gasteiger partial charge in [-0.15, -0.1) is 0 Å². The summed E-state index contributed by atoms with van der Waals surface area (Å²) >= 11 is 6.16. The van der Waals surface area contributed by atoms with E-state index >= 15 is 0 Å². The van der Waals surface area contributed by atoms with Gasteiger partial charge >= 0.3 is 0 Å². The van der Waals surface area contributed by atoms with E-state index in [2.05, 4.69) is 15.0 Å². The van der Waals surface area contributed by atoms with E-state index in [0.717, 1.165) is 6.26 Å². The lowest BCUT2D eigenvalue weighted by atomic mass is 10.2. The number of aliphatic imine (C=N–C) groups is 1. The zero-order valence-corrected chi connectivity index (χ0v) is 19.1. The first-order chi connectivity index (χ1) is 15.1. The summed E-state index contributed by atoms with van der Waals surface area (Å²) in [5.41, 5.74) is 0.939. The molecule has 2 N–H and O–H groups in total. The number of rotatable bonds is 5. The first kappa shape index (κ1) is 22.1. The van der Waals surface area contributed by atoms with Gasteiger partial charge in [-0.2, -0.15) is 0 Å². The predicted molar refractivity (Wildman–Crippen MR) is 123 cm³/mol. The van der Waals surface area contributed by atoms with Crippen molar-refractivity contribution in [1.82, 2.24) is 4.72 Å². The van der Waals surface area contributed by atoms with Crippen LogP contribution in [0.3, 0.4) is 0 Å². The molecule has 11 heteroatoms. The Balaban J connectivity index is 1.63. The van der Waals surface area contributed by atoms with E-state index in [9.17, 15) is 16.8 Å². The van der Waals surface area contributed by atoms with Gasteiger partial charge in [0, 0.05) is 6.26 Å². The highest BCUT2D eigenvalue weighted by Gasteiger charge is 2.29. The minimum Gasteiger partial charge on any atom is -0.454 e. The number of hydrogen-bond acceptors (Lipinski definition) is 6. The number of fused-ring (bicyclic) bond motifs is 1. The van der Waals surface area contributed by atoms with Crippen LogP contribution < -0.4 is 14.8 Å². The Hall–Kier alpha value is -3.08. The first-order valence-electron chi connectivity index (χ1n) is 9.32. The van der Waals surface area contributed by atoms with Gasteiger partial charge in [0.05, 0.1) is 16.5 Å². The molecule has 0 atom stereocenters. The Morgan fingerprint density at radius 2 is 1.66 bits per heavy atom. The summed E-state index contributed by atoms with van der Waals surface area (Å²) in [5, 5.41) is 3.35. The van der Waals surface area contributed by atoms with E-state index in [4.69, 9.17) is 16.3 Å². The van der Waals surface area contributed by atoms with Crippen LogP contribution in [0.15, 0.2) is 81.5 Å². The average Bonchev–Trinajstić information content (AvgIpc) is 2.74. The molecule has 0 bridgehead atoms. The third-order valence-electron chi connectivity index (χ3n) is 4.58. The van der Waals surface area contributed by atoms with Crippen LogP contribution in [-0.2, 0) is 26.4 Å². The number of anilines is 1. The standard InChI is InChI=1S/C21H18ClN3O5S2/c1-31(26,27)15-11-9-14(10-12-15)13-23-21-24-20-18(30-17-6-3-2-5-16(17)22)7-4-8-19(20)32(28,29)25-21/h2-12H,13H2,1H3,(H2,23,24,25). The van der Waals surface area contributed by atoms with Gasteiger partial charge in [0.25, 0.3) is 10.0 Å². The zero-order valence-electron chi connectivity index (χ0n) is 16.7. The number of nitrogens with zero attached hydrogens (tertiary/aromatic N) is 1. The van der Waals surface area contributed by atoms with Crippen LogP contribution in [0.2, 0.25) is 5.02 Å². The summed E-state index contributed by atoms with van der Waals surface area (Å²) in [7, 11) is -7.18. The highest BCUT2D eigenvalue weighted by atomic mass is 35.5. The van der Waals surface area contributed by atoms with E-state index in [1.165, 1.54) is 18.2 Å². The lowest BCUT2D eigenvalue weighted by Gasteiger charge is -2.23. The topological polar surface area (TPSA) is 114 Å². The molecule has 4 rings (SSSR count). The van der Waals surface area contributed by atoms with Gasteiger partial charge in [-0.1, -0.05) is 41.9 Å². The molecule has 0 saturated heterocycles. The summed E-state index contributed by atoms with van der Waals surface area (Å²) < 4.78 is 56.9. The summed E-state index contributed by atoms with van der Waals surface area (Å²) in [4.78, 5) is 4.50. The summed E-state index contributed by atoms with van der Waals surface area (Å²) in [6.45, 7) is 0.123. The molecule has 1 aliphatic rings. The number of ether oxygens (including phenoxy) is 1. The lowest BCUT2D eigenvalue weighted by molar-refractivity contribution is 0.483. The maximum Gasteiger partial charge on any atom is 0.266 e. The lowest BCUT2D eigenvalue weighted by Crippen LogP contribution is -2.40. The number of guanidine groups is 1. The number of hydrogen-bond donors (Lipinski definition) is 2. The summed E-state index contributed by atoms with van der Waals surface area (Å²) in [6, 6.07) is 17.7.